The Morgan fingerprint density at radius 3 is 3.05 bits per heavy atom. The van der Waals surface area contributed by atoms with Gasteiger partial charge in [-0.2, -0.15) is 9.61 Å². The minimum atomic E-state index is 0.577. The summed E-state index contributed by atoms with van der Waals surface area (Å²) in [6.45, 7) is 2.61. The van der Waals surface area contributed by atoms with E-state index in [-0.39, 0.29) is 0 Å². The zero-order valence-corrected chi connectivity index (χ0v) is 10.5. The van der Waals surface area contributed by atoms with Gasteiger partial charge in [0.05, 0.1) is 0 Å². The van der Waals surface area contributed by atoms with Gasteiger partial charge >= 0.3 is 0 Å². The fraction of sp³-hybridized carbons (Fsp3) is 0.154. The molecule has 0 fully saturated rings. The number of pyridine rings is 1. The Kier molecular flexibility index (Phi) is 2.91. The highest BCUT2D eigenvalue weighted by Gasteiger charge is 2.06. The van der Waals surface area contributed by atoms with Crippen molar-refractivity contribution < 1.29 is 0 Å². The van der Waals surface area contributed by atoms with Crippen molar-refractivity contribution in [2.24, 2.45) is 0 Å². The zero-order valence-electron chi connectivity index (χ0n) is 10.5. The van der Waals surface area contributed by atoms with Crippen LogP contribution in [0.2, 0.25) is 0 Å². The van der Waals surface area contributed by atoms with Crippen LogP contribution in [-0.2, 0) is 6.54 Å². The van der Waals surface area contributed by atoms with E-state index in [1.807, 2.05) is 31.3 Å². The van der Waals surface area contributed by atoms with Gasteiger partial charge in [-0.15, -0.1) is 0 Å². The van der Waals surface area contributed by atoms with Crippen LogP contribution in [0.4, 0.5) is 5.82 Å². The highest BCUT2D eigenvalue weighted by molar-refractivity contribution is 6.36. The maximum atomic E-state index is 5.84. The molecule has 19 heavy (non-hydrogen) atoms. The molecule has 3 heterocycles. The molecule has 0 saturated heterocycles. The molecule has 6 heteroatoms. The molecule has 1 N–H and O–H groups in total. The Labute approximate surface area is 112 Å². The zero-order chi connectivity index (χ0) is 13.2. The van der Waals surface area contributed by atoms with Gasteiger partial charge < -0.3 is 5.32 Å². The van der Waals surface area contributed by atoms with E-state index >= 15 is 0 Å². The van der Waals surface area contributed by atoms with E-state index in [1.165, 1.54) is 0 Å². The Morgan fingerprint density at radius 2 is 2.26 bits per heavy atom. The number of nitrogens with zero attached hydrogens (tertiary/aromatic N) is 4. The van der Waals surface area contributed by atoms with Crippen molar-refractivity contribution in [3.8, 4) is 0 Å². The lowest BCUT2D eigenvalue weighted by molar-refractivity contribution is 0.916. The topological polar surface area (TPSA) is 55.1 Å². The fourth-order valence-corrected chi connectivity index (χ4v) is 1.92. The predicted molar refractivity (Wildman–Crippen MR) is 74.7 cm³/mol. The monoisotopic (exact) mass is 249 g/mol. The molecule has 0 saturated carbocycles. The second-order valence-corrected chi connectivity index (χ2v) is 4.33. The lowest BCUT2D eigenvalue weighted by Crippen LogP contribution is -2.09. The molecule has 3 rings (SSSR count). The molecule has 3 aromatic heterocycles. The number of aryl methyl sites for hydroxylation is 1. The molecule has 0 bridgehead atoms. The SMILES string of the molecule is [B]c1cnn2c(NCc3cccnc3)cc(C)nc12. The first-order valence-corrected chi connectivity index (χ1v) is 5.97. The number of anilines is 1. The number of aromatic nitrogens is 4. The lowest BCUT2D eigenvalue weighted by Gasteiger charge is -2.09. The summed E-state index contributed by atoms with van der Waals surface area (Å²) in [6, 6.07) is 5.87. The fourth-order valence-electron chi connectivity index (χ4n) is 1.92. The largest absolute Gasteiger partial charge is 0.366 e. The first-order chi connectivity index (χ1) is 9.24. The Bertz CT molecular complexity index is 708. The van der Waals surface area contributed by atoms with Crippen molar-refractivity contribution in [1.29, 1.82) is 0 Å². The summed E-state index contributed by atoms with van der Waals surface area (Å²) in [6.07, 6.45) is 5.19. The third kappa shape index (κ3) is 2.29. The van der Waals surface area contributed by atoms with Gasteiger partial charge in [-0.1, -0.05) is 6.07 Å². The molecule has 0 unspecified atom stereocenters. The normalized spacial score (nSPS) is 10.8. The van der Waals surface area contributed by atoms with Gasteiger partial charge in [-0.25, -0.2) is 4.98 Å². The predicted octanol–water partition coefficient (Wildman–Crippen LogP) is 0.839. The molecule has 0 aliphatic rings. The first-order valence-electron chi connectivity index (χ1n) is 5.97. The third-order valence-electron chi connectivity index (χ3n) is 2.82. The van der Waals surface area contributed by atoms with E-state index in [0.29, 0.717) is 17.7 Å². The number of hydrogen-bond acceptors (Lipinski definition) is 4. The first kappa shape index (κ1) is 11.7. The molecule has 92 valence electrons. The van der Waals surface area contributed by atoms with E-state index in [0.717, 1.165) is 17.1 Å². The number of hydrogen-bond donors (Lipinski definition) is 1. The Morgan fingerprint density at radius 1 is 1.37 bits per heavy atom. The van der Waals surface area contributed by atoms with Crippen molar-refractivity contribution in [2.75, 3.05) is 5.32 Å². The van der Waals surface area contributed by atoms with E-state index < -0.39 is 0 Å². The third-order valence-corrected chi connectivity index (χ3v) is 2.82. The molecule has 0 aromatic carbocycles. The maximum absolute atomic E-state index is 5.84. The van der Waals surface area contributed by atoms with Crippen LogP contribution in [-0.4, -0.2) is 27.4 Å². The van der Waals surface area contributed by atoms with Crippen LogP contribution in [0.1, 0.15) is 11.3 Å². The standard InChI is InChI=1S/C13H12BN5/c1-9-5-12(16-7-10-3-2-4-15-6-10)19-13(18-9)11(14)8-17-19/h2-6,8,16H,7H2,1H3. The van der Waals surface area contributed by atoms with Gasteiger partial charge in [0.15, 0.2) is 0 Å². The molecule has 0 aliphatic carbocycles. The van der Waals surface area contributed by atoms with Crippen molar-refractivity contribution in [2.45, 2.75) is 13.5 Å². The molecule has 0 aliphatic heterocycles. The molecule has 3 aromatic rings. The molecule has 2 radical (unpaired) electrons. The van der Waals surface area contributed by atoms with Crippen LogP contribution in [0.25, 0.3) is 5.65 Å². The van der Waals surface area contributed by atoms with Crippen molar-refractivity contribution in [3.05, 3.63) is 48.0 Å². The number of nitrogens with one attached hydrogen (secondary N) is 1. The van der Waals surface area contributed by atoms with Crippen molar-refractivity contribution in [3.63, 3.8) is 0 Å². The van der Waals surface area contributed by atoms with Gasteiger partial charge in [0.2, 0.25) is 0 Å². The van der Waals surface area contributed by atoms with E-state index in [9.17, 15) is 0 Å². The van der Waals surface area contributed by atoms with Crippen LogP contribution < -0.4 is 10.8 Å². The highest BCUT2D eigenvalue weighted by Crippen LogP contribution is 2.11. The molecule has 0 amide bonds. The highest BCUT2D eigenvalue weighted by atomic mass is 15.3. The van der Waals surface area contributed by atoms with Gasteiger partial charge in [0, 0.05) is 36.9 Å². The summed E-state index contributed by atoms with van der Waals surface area (Å²) in [7, 11) is 5.84. The van der Waals surface area contributed by atoms with Crippen molar-refractivity contribution >= 4 is 24.8 Å². The second-order valence-electron chi connectivity index (χ2n) is 4.33. The number of rotatable bonds is 3. The van der Waals surface area contributed by atoms with Crippen LogP contribution in [0.5, 0.6) is 0 Å². The van der Waals surface area contributed by atoms with Gasteiger partial charge in [0.1, 0.15) is 19.3 Å². The van der Waals surface area contributed by atoms with Crippen LogP contribution in [0.3, 0.4) is 0 Å². The summed E-state index contributed by atoms with van der Waals surface area (Å²) in [5.74, 6) is 0.864. The summed E-state index contributed by atoms with van der Waals surface area (Å²) < 4.78 is 1.71. The van der Waals surface area contributed by atoms with Crippen LogP contribution in [0.15, 0.2) is 36.8 Å². The average Bonchev–Trinajstić information content (AvgIpc) is 2.79. The molecular formula is C13H12BN5. The minimum Gasteiger partial charge on any atom is -0.366 e. The van der Waals surface area contributed by atoms with E-state index in [2.05, 4.69) is 20.4 Å². The van der Waals surface area contributed by atoms with Gasteiger partial charge in [-0.05, 0) is 24.0 Å². The van der Waals surface area contributed by atoms with E-state index in [1.54, 1.807) is 16.9 Å². The minimum absolute atomic E-state index is 0.577. The quantitative estimate of drug-likeness (QED) is 0.699. The molecule has 0 atom stereocenters. The van der Waals surface area contributed by atoms with E-state index in [4.69, 9.17) is 7.85 Å². The Hall–Kier alpha value is -2.37. The summed E-state index contributed by atoms with van der Waals surface area (Å²) in [5.41, 5.74) is 3.25. The second kappa shape index (κ2) is 4.72. The molecular weight excluding hydrogens is 237 g/mol. The van der Waals surface area contributed by atoms with Crippen molar-refractivity contribution in [1.82, 2.24) is 19.6 Å². The summed E-state index contributed by atoms with van der Waals surface area (Å²) in [4.78, 5) is 8.46. The molecule has 0 spiro atoms. The smallest absolute Gasteiger partial charge is 0.150 e. The number of fused-ring (bicyclic) bond motifs is 1. The molecule has 5 nitrogen and oxygen atoms in total. The maximum Gasteiger partial charge on any atom is 0.150 e. The van der Waals surface area contributed by atoms with Gasteiger partial charge in [-0.3, -0.25) is 4.98 Å². The van der Waals surface area contributed by atoms with Crippen LogP contribution >= 0.6 is 0 Å². The summed E-state index contributed by atoms with van der Waals surface area (Å²) >= 11 is 0. The lowest BCUT2D eigenvalue weighted by atomic mass is 10.0. The van der Waals surface area contributed by atoms with Gasteiger partial charge in [0.25, 0.3) is 0 Å². The van der Waals surface area contributed by atoms with Crippen LogP contribution in [0, 0.1) is 6.92 Å². The summed E-state index contributed by atoms with van der Waals surface area (Å²) in [5, 5.41) is 7.55. The Balaban J connectivity index is 1.92. The average molecular weight is 249 g/mol.